The molecular formula is C41H68N8O6. The summed E-state index contributed by atoms with van der Waals surface area (Å²) in [6.45, 7) is 33.3. The van der Waals surface area contributed by atoms with Gasteiger partial charge in [-0.1, -0.05) is 20.8 Å². The molecule has 14 heteroatoms. The fourth-order valence-corrected chi connectivity index (χ4v) is 10.1. The first-order valence-corrected chi connectivity index (χ1v) is 19.6. The number of esters is 2. The zero-order valence-electron chi connectivity index (χ0n) is 36.7. The third-order valence-electron chi connectivity index (χ3n) is 10.3. The summed E-state index contributed by atoms with van der Waals surface area (Å²) in [5, 5.41) is 3.44. The Morgan fingerprint density at radius 2 is 0.982 bits per heavy atom. The first-order valence-electron chi connectivity index (χ1n) is 19.6. The molecule has 55 heavy (non-hydrogen) atoms. The fourth-order valence-electron chi connectivity index (χ4n) is 10.1. The van der Waals surface area contributed by atoms with Crippen LogP contribution in [0.3, 0.4) is 0 Å². The van der Waals surface area contributed by atoms with E-state index in [9.17, 15) is 19.2 Å². The van der Waals surface area contributed by atoms with Crippen LogP contribution in [-0.2, 0) is 28.7 Å². The molecule has 0 unspecified atom stereocenters. The standard InChI is InChI=1S/C41H68N8O6/c1-18-54-31(52)29(27-20-38(10,11)48(25(3)50)39(12,13)21-27)42-33-44-34(46-35(45-33)47-37(8,9)24-36(5,6)7)43-30(32(53)55-19-2)28-22-40(14,15)49(26(4)51)41(16,17)23-28/h27-28H,18-24H2,1-17H3,(H,44,45,46,47)/b42-29-,43-30-. The molecule has 2 aliphatic heterocycles. The third kappa shape index (κ3) is 11.3. The molecule has 2 amide bonds. The van der Waals surface area contributed by atoms with Crippen LogP contribution in [0, 0.1) is 17.3 Å². The Bertz CT molecular complexity index is 1550. The predicted octanol–water partition coefficient (Wildman–Crippen LogP) is 7.40. The van der Waals surface area contributed by atoms with E-state index in [1.54, 1.807) is 27.7 Å². The highest BCUT2D eigenvalue weighted by molar-refractivity contribution is 6.38. The van der Waals surface area contributed by atoms with Crippen molar-refractivity contribution in [2.45, 2.75) is 178 Å². The Labute approximate surface area is 329 Å². The zero-order chi connectivity index (χ0) is 42.1. The second kappa shape index (κ2) is 16.3. The van der Waals surface area contributed by atoms with Gasteiger partial charge in [0.25, 0.3) is 11.9 Å². The fraction of sp³-hybridized carbons (Fsp3) is 0.780. The number of aliphatic imine (C=N–C) groups is 2. The Morgan fingerprint density at radius 3 is 1.25 bits per heavy atom. The Morgan fingerprint density at radius 1 is 0.655 bits per heavy atom. The van der Waals surface area contributed by atoms with Crippen molar-refractivity contribution in [3.63, 3.8) is 0 Å². The van der Waals surface area contributed by atoms with Crippen molar-refractivity contribution < 1.29 is 28.7 Å². The number of nitrogens with zero attached hydrogens (tertiary/aromatic N) is 7. The molecular weight excluding hydrogens is 701 g/mol. The molecule has 14 nitrogen and oxygen atoms in total. The molecule has 0 saturated carbocycles. The van der Waals surface area contributed by atoms with Gasteiger partial charge in [0, 0.05) is 53.4 Å². The van der Waals surface area contributed by atoms with Crippen molar-refractivity contribution >= 4 is 53.0 Å². The van der Waals surface area contributed by atoms with E-state index in [4.69, 9.17) is 29.4 Å². The number of carbonyl (C=O) groups is 4. The molecule has 1 N–H and O–H groups in total. The molecule has 1 aromatic heterocycles. The van der Waals surface area contributed by atoms with E-state index < -0.39 is 51.5 Å². The summed E-state index contributed by atoms with van der Waals surface area (Å²) in [6.07, 6.45) is 2.55. The topological polar surface area (TPSA) is 169 Å². The second-order valence-electron chi connectivity index (χ2n) is 19.6. The Kier molecular flexibility index (Phi) is 13.4. The van der Waals surface area contributed by atoms with Gasteiger partial charge >= 0.3 is 11.9 Å². The van der Waals surface area contributed by atoms with Crippen molar-refractivity contribution in [1.29, 1.82) is 0 Å². The smallest absolute Gasteiger partial charge is 0.353 e. The summed E-state index contributed by atoms with van der Waals surface area (Å²) in [6, 6.07) is 0. The molecule has 3 heterocycles. The van der Waals surface area contributed by atoms with E-state index >= 15 is 0 Å². The summed E-state index contributed by atoms with van der Waals surface area (Å²) < 4.78 is 11.1. The van der Waals surface area contributed by atoms with Crippen molar-refractivity contribution in [3.05, 3.63) is 0 Å². The normalized spacial score (nSPS) is 20.5. The maximum absolute atomic E-state index is 13.7. The van der Waals surface area contributed by atoms with E-state index in [0.717, 1.165) is 6.42 Å². The number of amides is 2. The predicted molar refractivity (Wildman–Crippen MR) is 216 cm³/mol. The highest BCUT2D eigenvalue weighted by atomic mass is 16.5. The van der Waals surface area contributed by atoms with Crippen LogP contribution in [0.15, 0.2) is 9.98 Å². The minimum Gasteiger partial charge on any atom is -0.461 e. The van der Waals surface area contributed by atoms with E-state index in [0.29, 0.717) is 25.7 Å². The zero-order valence-corrected chi connectivity index (χ0v) is 36.7. The van der Waals surface area contributed by atoms with Crippen LogP contribution >= 0.6 is 0 Å². The van der Waals surface area contributed by atoms with Crippen LogP contribution in [0.5, 0.6) is 0 Å². The van der Waals surface area contributed by atoms with E-state index in [1.807, 2.05) is 79.0 Å². The lowest BCUT2D eigenvalue weighted by molar-refractivity contribution is -0.149. The summed E-state index contributed by atoms with van der Waals surface area (Å²) in [5.74, 6) is -2.08. The van der Waals surface area contributed by atoms with Crippen LogP contribution < -0.4 is 5.32 Å². The number of aromatic nitrogens is 3. The van der Waals surface area contributed by atoms with E-state index in [-0.39, 0.29) is 59.7 Å². The van der Waals surface area contributed by atoms with E-state index in [1.165, 1.54) is 0 Å². The quantitative estimate of drug-likeness (QED) is 0.177. The van der Waals surface area contributed by atoms with Crippen molar-refractivity contribution in [1.82, 2.24) is 24.8 Å². The molecule has 2 aliphatic rings. The molecule has 308 valence electrons. The lowest BCUT2D eigenvalue weighted by atomic mass is 9.71. The van der Waals surface area contributed by atoms with Gasteiger partial charge in [-0.15, -0.1) is 0 Å². The van der Waals surface area contributed by atoms with Crippen molar-refractivity contribution in [2.24, 2.45) is 27.2 Å². The SMILES string of the molecule is CCOC(=O)/C(=N\c1nc(/N=C(\C(=O)OCC)C2CC(C)(C)N(C(C)=O)C(C)(C)C2)nc(NC(C)(C)CC(C)(C)C)n1)C1CC(C)(C)N(C(C)=O)C(C)(C)C1. The summed E-state index contributed by atoms with van der Waals surface area (Å²) >= 11 is 0. The summed E-state index contributed by atoms with van der Waals surface area (Å²) in [7, 11) is 0. The molecule has 0 spiro atoms. The van der Waals surface area contributed by atoms with Crippen LogP contribution in [-0.4, -0.2) is 101 Å². The van der Waals surface area contributed by atoms with Crippen LogP contribution in [0.2, 0.25) is 0 Å². The first-order chi connectivity index (χ1) is 24.9. The Hall–Kier alpha value is -3.97. The van der Waals surface area contributed by atoms with Gasteiger partial charge in [-0.2, -0.15) is 15.0 Å². The van der Waals surface area contributed by atoms with Crippen molar-refractivity contribution in [2.75, 3.05) is 18.5 Å². The van der Waals surface area contributed by atoms with Gasteiger partial charge in [0.1, 0.15) is 11.4 Å². The first kappa shape index (κ1) is 45.4. The average molecular weight is 769 g/mol. The maximum Gasteiger partial charge on any atom is 0.353 e. The molecule has 2 saturated heterocycles. The summed E-state index contributed by atoms with van der Waals surface area (Å²) in [4.78, 5) is 80.5. The van der Waals surface area contributed by atoms with Gasteiger partial charge in [0.05, 0.1) is 13.2 Å². The number of anilines is 1. The van der Waals surface area contributed by atoms with E-state index in [2.05, 4.69) is 31.1 Å². The molecule has 3 rings (SSSR count). The van der Waals surface area contributed by atoms with Gasteiger partial charge in [-0.3, -0.25) is 9.59 Å². The number of carbonyl (C=O) groups excluding carboxylic acids is 4. The van der Waals surface area contributed by atoms with Crippen molar-refractivity contribution in [3.8, 4) is 0 Å². The lowest BCUT2D eigenvalue weighted by Gasteiger charge is -2.55. The van der Waals surface area contributed by atoms with Crippen LogP contribution in [0.1, 0.15) is 150 Å². The largest absolute Gasteiger partial charge is 0.461 e. The Balaban J connectivity index is 2.32. The minimum atomic E-state index is -0.600. The molecule has 2 fully saturated rings. The molecule has 0 atom stereocenters. The minimum absolute atomic E-state index is 0.0393. The highest BCUT2D eigenvalue weighted by Crippen LogP contribution is 2.44. The van der Waals surface area contributed by atoms with Gasteiger partial charge in [-0.25, -0.2) is 19.6 Å². The number of rotatable bonds is 11. The number of nitrogens with one attached hydrogen (secondary N) is 1. The van der Waals surface area contributed by atoms with Gasteiger partial charge in [0.15, 0.2) is 0 Å². The number of hydrogen-bond donors (Lipinski definition) is 1. The maximum atomic E-state index is 13.7. The van der Waals surface area contributed by atoms with Gasteiger partial charge < -0.3 is 24.6 Å². The molecule has 0 bridgehead atoms. The third-order valence-corrected chi connectivity index (χ3v) is 10.3. The van der Waals surface area contributed by atoms with Gasteiger partial charge in [0.2, 0.25) is 17.8 Å². The molecule has 0 radical (unpaired) electrons. The van der Waals surface area contributed by atoms with Gasteiger partial charge in [-0.05, 0) is 121 Å². The van der Waals surface area contributed by atoms with Crippen LogP contribution in [0.25, 0.3) is 0 Å². The average Bonchev–Trinajstić information content (AvgIpc) is 2.93. The highest BCUT2D eigenvalue weighted by Gasteiger charge is 2.50. The monoisotopic (exact) mass is 769 g/mol. The summed E-state index contributed by atoms with van der Waals surface area (Å²) in [5.41, 5.74) is -2.65. The molecule has 0 aliphatic carbocycles. The number of ether oxygens (including phenoxy) is 2. The second-order valence-corrected chi connectivity index (χ2v) is 19.6. The number of hydrogen-bond acceptors (Lipinski definition) is 12. The molecule has 1 aromatic rings. The van der Waals surface area contributed by atoms with Crippen LogP contribution in [0.4, 0.5) is 17.8 Å². The number of likely N-dealkylation sites (tertiary alicyclic amines) is 2. The lowest BCUT2D eigenvalue weighted by Crippen LogP contribution is -2.63. The molecule has 0 aromatic carbocycles. The number of piperidine rings is 2.